The van der Waals surface area contributed by atoms with Crippen LogP contribution in [0.2, 0.25) is 0 Å². The highest BCUT2D eigenvalue weighted by Gasteiger charge is 2.18. The number of halogens is 1. The summed E-state index contributed by atoms with van der Waals surface area (Å²) in [4.78, 5) is 12.1. The topological polar surface area (TPSA) is 26.3 Å². The van der Waals surface area contributed by atoms with Gasteiger partial charge in [0.15, 0.2) is 0 Å². The number of carbonyl (C=O) groups excluding carboxylic acids is 1. The number of carbonyl (C=O) groups is 1. The minimum Gasteiger partial charge on any atom is -0.465 e. The second-order valence-corrected chi connectivity index (χ2v) is 4.79. The van der Waals surface area contributed by atoms with Crippen molar-refractivity contribution >= 4 is 33.2 Å². The van der Waals surface area contributed by atoms with Gasteiger partial charge in [-0.15, -0.1) is 11.3 Å². The monoisotopic (exact) mass is 276 g/mol. The highest BCUT2D eigenvalue weighted by atomic mass is 79.9. The molecule has 0 amide bonds. The summed E-state index contributed by atoms with van der Waals surface area (Å²) in [6.07, 6.45) is 1.97. The fourth-order valence-electron chi connectivity index (χ4n) is 0.942. The van der Waals surface area contributed by atoms with Crippen molar-refractivity contribution in [3.63, 3.8) is 0 Å². The van der Waals surface area contributed by atoms with Gasteiger partial charge in [0.2, 0.25) is 0 Å². The molecule has 0 aromatic carbocycles. The Balaban J connectivity index is 2.37. The van der Waals surface area contributed by atoms with E-state index >= 15 is 0 Å². The van der Waals surface area contributed by atoms with Crippen molar-refractivity contribution in [3.8, 4) is 0 Å². The molecule has 1 atom stereocenters. The number of unbranched alkanes of at least 4 members (excludes halogenated alkanes) is 1. The summed E-state index contributed by atoms with van der Waals surface area (Å²) in [6, 6.07) is 3.85. The molecule has 2 nitrogen and oxygen atoms in total. The maximum atomic E-state index is 11.5. The highest BCUT2D eigenvalue weighted by Crippen LogP contribution is 2.27. The fraction of sp³-hybridized carbons (Fsp3) is 0.500. The molecule has 0 bridgehead atoms. The first-order chi connectivity index (χ1) is 6.75. The molecule has 1 unspecified atom stereocenters. The van der Waals surface area contributed by atoms with Crippen LogP contribution in [0.25, 0.3) is 0 Å². The third-order valence-corrected chi connectivity index (χ3v) is 3.85. The van der Waals surface area contributed by atoms with Gasteiger partial charge in [0.25, 0.3) is 0 Å². The molecule has 14 heavy (non-hydrogen) atoms. The van der Waals surface area contributed by atoms with Gasteiger partial charge in [0.1, 0.15) is 4.83 Å². The van der Waals surface area contributed by atoms with Gasteiger partial charge < -0.3 is 4.74 Å². The molecule has 1 rings (SSSR count). The third-order valence-electron chi connectivity index (χ3n) is 1.74. The summed E-state index contributed by atoms with van der Waals surface area (Å²) >= 11 is 4.87. The first kappa shape index (κ1) is 11.7. The average Bonchev–Trinajstić information content (AvgIpc) is 2.69. The molecule has 1 heterocycles. The van der Waals surface area contributed by atoms with E-state index in [1.807, 2.05) is 17.5 Å². The zero-order chi connectivity index (χ0) is 10.4. The van der Waals surface area contributed by atoms with Gasteiger partial charge in [-0.1, -0.05) is 35.3 Å². The van der Waals surface area contributed by atoms with Crippen molar-refractivity contribution in [1.29, 1.82) is 0 Å². The van der Waals surface area contributed by atoms with Crippen LogP contribution in [0, 0.1) is 0 Å². The summed E-state index contributed by atoms with van der Waals surface area (Å²) in [5, 5.41) is 1.95. The van der Waals surface area contributed by atoms with Crippen LogP contribution >= 0.6 is 27.3 Å². The number of hydrogen-bond donors (Lipinski definition) is 0. The predicted molar refractivity (Wildman–Crippen MR) is 61.9 cm³/mol. The van der Waals surface area contributed by atoms with E-state index in [-0.39, 0.29) is 10.8 Å². The Morgan fingerprint density at radius 3 is 3.07 bits per heavy atom. The van der Waals surface area contributed by atoms with E-state index in [1.54, 1.807) is 11.3 Å². The summed E-state index contributed by atoms with van der Waals surface area (Å²) in [6.45, 7) is 2.58. The number of hydrogen-bond acceptors (Lipinski definition) is 3. The smallest absolute Gasteiger partial charge is 0.325 e. The molecule has 0 radical (unpaired) electrons. The summed E-state index contributed by atoms with van der Waals surface area (Å²) in [5.74, 6) is -0.194. The molecule has 0 aliphatic heterocycles. The zero-order valence-electron chi connectivity index (χ0n) is 8.03. The van der Waals surface area contributed by atoms with Crippen LogP contribution in [0.3, 0.4) is 0 Å². The maximum absolute atomic E-state index is 11.5. The molecule has 1 aromatic rings. The molecule has 0 spiro atoms. The molecular weight excluding hydrogens is 264 g/mol. The average molecular weight is 277 g/mol. The van der Waals surface area contributed by atoms with Crippen molar-refractivity contribution in [2.75, 3.05) is 6.61 Å². The summed E-state index contributed by atoms with van der Waals surface area (Å²) in [5.41, 5.74) is 0. The minimum absolute atomic E-state index is 0.194. The molecular formula is C10H13BrO2S. The van der Waals surface area contributed by atoms with Crippen LogP contribution in [-0.4, -0.2) is 12.6 Å². The van der Waals surface area contributed by atoms with Gasteiger partial charge in [0.05, 0.1) is 6.61 Å². The van der Waals surface area contributed by atoms with Gasteiger partial charge >= 0.3 is 5.97 Å². The second kappa shape index (κ2) is 6.19. The van der Waals surface area contributed by atoms with Crippen LogP contribution in [-0.2, 0) is 9.53 Å². The van der Waals surface area contributed by atoms with Gasteiger partial charge in [-0.3, -0.25) is 4.79 Å². The second-order valence-electron chi connectivity index (χ2n) is 2.90. The van der Waals surface area contributed by atoms with Crippen molar-refractivity contribution in [3.05, 3.63) is 22.4 Å². The molecule has 1 aromatic heterocycles. The highest BCUT2D eigenvalue weighted by molar-refractivity contribution is 9.09. The van der Waals surface area contributed by atoms with Crippen LogP contribution in [0.15, 0.2) is 17.5 Å². The SMILES string of the molecule is CCCCOC(=O)C(Br)c1cccs1. The number of thiophene rings is 1. The van der Waals surface area contributed by atoms with Crippen LogP contribution in [0.4, 0.5) is 0 Å². The quantitative estimate of drug-likeness (QED) is 0.467. The number of esters is 1. The summed E-state index contributed by atoms with van der Waals surface area (Å²) in [7, 11) is 0. The normalized spacial score (nSPS) is 12.4. The van der Waals surface area contributed by atoms with Crippen LogP contribution in [0.1, 0.15) is 29.5 Å². The number of rotatable bonds is 5. The van der Waals surface area contributed by atoms with Gasteiger partial charge in [0, 0.05) is 4.88 Å². The lowest BCUT2D eigenvalue weighted by Gasteiger charge is -2.07. The van der Waals surface area contributed by atoms with E-state index in [2.05, 4.69) is 22.9 Å². The van der Waals surface area contributed by atoms with E-state index in [4.69, 9.17) is 4.74 Å². The van der Waals surface area contributed by atoms with Crippen molar-refractivity contribution < 1.29 is 9.53 Å². The largest absolute Gasteiger partial charge is 0.465 e. The van der Waals surface area contributed by atoms with Gasteiger partial charge in [-0.2, -0.15) is 0 Å². The molecule has 0 N–H and O–H groups in total. The molecule has 0 aliphatic rings. The molecule has 0 saturated heterocycles. The molecule has 0 saturated carbocycles. The van der Waals surface area contributed by atoms with E-state index in [1.165, 1.54) is 0 Å². The van der Waals surface area contributed by atoms with Crippen molar-refractivity contribution in [1.82, 2.24) is 0 Å². The van der Waals surface area contributed by atoms with Crippen molar-refractivity contribution in [2.24, 2.45) is 0 Å². The maximum Gasteiger partial charge on any atom is 0.325 e. The molecule has 78 valence electrons. The Kier molecular flexibility index (Phi) is 5.19. The summed E-state index contributed by atoms with van der Waals surface area (Å²) < 4.78 is 5.09. The van der Waals surface area contributed by atoms with E-state index in [9.17, 15) is 4.79 Å². The Bertz CT molecular complexity index is 272. The van der Waals surface area contributed by atoms with Crippen LogP contribution in [0.5, 0.6) is 0 Å². The standard InChI is InChI=1S/C10H13BrO2S/c1-2-3-6-13-10(12)9(11)8-5-4-7-14-8/h4-5,7,9H,2-3,6H2,1H3. The van der Waals surface area contributed by atoms with E-state index < -0.39 is 0 Å². The number of ether oxygens (including phenoxy) is 1. The Morgan fingerprint density at radius 2 is 2.50 bits per heavy atom. The van der Waals surface area contributed by atoms with Crippen molar-refractivity contribution in [2.45, 2.75) is 24.6 Å². The van der Waals surface area contributed by atoms with Crippen LogP contribution < -0.4 is 0 Å². The lowest BCUT2D eigenvalue weighted by Crippen LogP contribution is -2.10. The minimum atomic E-state index is -0.306. The van der Waals surface area contributed by atoms with Gasteiger partial charge in [-0.25, -0.2) is 0 Å². The number of alkyl halides is 1. The lowest BCUT2D eigenvalue weighted by molar-refractivity contribution is -0.142. The third kappa shape index (κ3) is 3.42. The Hall–Kier alpha value is -0.350. The van der Waals surface area contributed by atoms with Gasteiger partial charge in [-0.05, 0) is 17.9 Å². The van der Waals surface area contributed by atoms with E-state index in [0.717, 1.165) is 17.7 Å². The van der Waals surface area contributed by atoms with E-state index in [0.29, 0.717) is 6.61 Å². The Morgan fingerprint density at radius 1 is 1.71 bits per heavy atom. The Labute approximate surface area is 96.4 Å². The molecule has 0 fully saturated rings. The molecule has 4 heteroatoms. The first-order valence-electron chi connectivity index (χ1n) is 4.59. The predicted octanol–water partition coefficient (Wildman–Crippen LogP) is 3.53. The molecule has 0 aliphatic carbocycles. The fourth-order valence-corrected chi connectivity index (χ4v) is 2.24. The first-order valence-corrected chi connectivity index (χ1v) is 6.39. The lowest BCUT2D eigenvalue weighted by atomic mass is 10.3. The zero-order valence-corrected chi connectivity index (χ0v) is 10.4.